The average molecular weight is 266 g/mol. The van der Waals surface area contributed by atoms with Gasteiger partial charge < -0.3 is 10.7 Å². The van der Waals surface area contributed by atoms with E-state index in [9.17, 15) is 8.78 Å². The van der Waals surface area contributed by atoms with Crippen LogP contribution in [0.4, 0.5) is 13.8 Å². The van der Waals surface area contributed by atoms with E-state index in [1.54, 1.807) is 6.92 Å². The van der Waals surface area contributed by atoms with Gasteiger partial charge in [-0.2, -0.15) is 4.37 Å². The zero-order chi connectivity index (χ0) is 12.9. The number of aromatic amines is 1. The fraction of sp³-hybridized carbons (Fsp3) is 0.0909. The number of imidazole rings is 1. The number of aromatic nitrogens is 3. The number of fused-ring (bicyclic) bond motifs is 1. The Morgan fingerprint density at radius 3 is 2.67 bits per heavy atom. The molecular formula is C11H8F2N4S. The summed E-state index contributed by atoms with van der Waals surface area (Å²) in [7, 11) is 0. The van der Waals surface area contributed by atoms with Crippen molar-refractivity contribution in [2.75, 3.05) is 5.73 Å². The molecule has 4 nitrogen and oxygen atoms in total. The van der Waals surface area contributed by atoms with Crippen LogP contribution in [0.25, 0.3) is 22.4 Å². The van der Waals surface area contributed by atoms with Gasteiger partial charge in [-0.25, -0.2) is 13.8 Å². The van der Waals surface area contributed by atoms with E-state index >= 15 is 0 Å². The third kappa shape index (κ3) is 1.55. The first-order valence-corrected chi connectivity index (χ1v) is 5.90. The molecule has 0 aliphatic carbocycles. The number of benzene rings is 1. The highest BCUT2D eigenvalue weighted by Gasteiger charge is 2.15. The predicted molar refractivity (Wildman–Crippen MR) is 66.3 cm³/mol. The molecule has 0 aliphatic rings. The summed E-state index contributed by atoms with van der Waals surface area (Å²) in [5.41, 5.74) is 7.99. The van der Waals surface area contributed by atoms with Gasteiger partial charge in [-0.15, -0.1) is 0 Å². The summed E-state index contributed by atoms with van der Waals surface area (Å²) in [6.07, 6.45) is 0. The normalized spacial score (nSPS) is 11.3. The molecule has 7 heteroatoms. The molecule has 2 heterocycles. The lowest BCUT2D eigenvalue weighted by Gasteiger charge is -1.94. The number of anilines is 1. The molecule has 18 heavy (non-hydrogen) atoms. The first kappa shape index (κ1) is 11.1. The van der Waals surface area contributed by atoms with Crippen molar-refractivity contribution < 1.29 is 8.78 Å². The number of nitrogens with one attached hydrogen (secondary N) is 1. The summed E-state index contributed by atoms with van der Waals surface area (Å²) in [5.74, 6) is -1.36. The van der Waals surface area contributed by atoms with Crippen LogP contribution in [-0.2, 0) is 0 Å². The fourth-order valence-electron chi connectivity index (χ4n) is 1.80. The topological polar surface area (TPSA) is 67.6 Å². The van der Waals surface area contributed by atoms with Crippen LogP contribution in [0.15, 0.2) is 12.1 Å². The maximum absolute atomic E-state index is 13.1. The van der Waals surface area contributed by atoms with Crippen LogP contribution in [0.5, 0.6) is 0 Å². The number of rotatable bonds is 1. The Kier molecular flexibility index (Phi) is 2.30. The number of aryl methyl sites for hydroxylation is 1. The minimum absolute atomic E-state index is 0.355. The second kappa shape index (κ2) is 3.74. The third-order valence-corrected chi connectivity index (χ3v) is 3.42. The largest absolute Gasteiger partial charge is 0.389 e. The zero-order valence-electron chi connectivity index (χ0n) is 9.29. The maximum atomic E-state index is 13.1. The van der Waals surface area contributed by atoms with E-state index in [2.05, 4.69) is 14.3 Å². The highest BCUT2D eigenvalue weighted by atomic mass is 32.1. The Labute approximate surface area is 105 Å². The molecule has 2 aromatic heterocycles. The molecule has 0 bridgehead atoms. The minimum Gasteiger partial charge on any atom is -0.389 e. The SMILES string of the molecule is Cc1nsc(N)c1-c1nc2cc(F)c(F)cc2[nH]1. The molecule has 0 atom stereocenters. The highest BCUT2D eigenvalue weighted by Crippen LogP contribution is 2.31. The molecule has 0 unspecified atom stereocenters. The van der Waals surface area contributed by atoms with Crippen molar-refractivity contribution in [2.45, 2.75) is 6.92 Å². The van der Waals surface area contributed by atoms with Gasteiger partial charge >= 0.3 is 0 Å². The van der Waals surface area contributed by atoms with Crippen LogP contribution in [-0.4, -0.2) is 14.3 Å². The molecule has 0 saturated carbocycles. The first-order valence-electron chi connectivity index (χ1n) is 5.13. The lowest BCUT2D eigenvalue weighted by molar-refractivity contribution is 0.510. The van der Waals surface area contributed by atoms with E-state index in [1.165, 1.54) is 0 Å². The van der Waals surface area contributed by atoms with Crippen molar-refractivity contribution in [1.29, 1.82) is 0 Å². The van der Waals surface area contributed by atoms with E-state index in [4.69, 9.17) is 5.73 Å². The average Bonchev–Trinajstić information content (AvgIpc) is 2.83. The van der Waals surface area contributed by atoms with Gasteiger partial charge in [0.05, 0.1) is 22.3 Å². The van der Waals surface area contributed by atoms with Gasteiger partial charge in [0.25, 0.3) is 0 Å². The van der Waals surface area contributed by atoms with Gasteiger partial charge in [0.15, 0.2) is 11.6 Å². The van der Waals surface area contributed by atoms with Gasteiger partial charge in [0, 0.05) is 12.1 Å². The van der Waals surface area contributed by atoms with Crippen molar-refractivity contribution in [3.8, 4) is 11.4 Å². The Morgan fingerprint density at radius 1 is 1.28 bits per heavy atom. The van der Waals surface area contributed by atoms with Gasteiger partial charge in [-0.05, 0) is 18.5 Å². The van der Waals surface area contributed by atoms with Crippen LogP contribution >= 0.6 is 11.5 Å². The summed E-state index contributed by atoms with van der Waals surface area (Å²) in [4.78, 5) is 7.12. The standard InChI is InChI=1S/C11H8F2N4S/c1-4-9(10(14)18-17-4)11-15-7-2-5(12)6(13)3-8(7)16-11/h2-3H,14H2,1H3,(H,15,16). The molecule has 0 radical (unpaired) electrons. The van der Waals surface area contributed by atoms with Crippen molar-refractivity contribution in [1.82, 2.24) is 14.3 Å². The van der Waals surface area contributed by atoms with Crippen LogP contribution in [0.3, 0.4) is 0 Å². The van der Waals surface area contributed by atoms with E-state index in [0.29, 0.717) is 27.4 Å². The second-order valence-electron chi connectivity index (χ2n) is 3.88. The number of hydrogen-bond donors (Lipinski definition) is 2. The third-order valence-electron chi connectivity index (χ3n) is 2.65. The maximum Gasteiger partial charge on any atom is 0.161 e. The van der Waals surface area contributed by atoms with Crippen molar-refractivity contribution in [3.63, 3.8) is 0 Å². The van der Waals surface area contributed by atoms with Gasteiger partial charge in [-0.3, -0.25) is 0 Å². The summed E-state index contributed by atoms with van der Waals surface area (Å²) >= 11 is 1.16. The minimum atomic E-state index is -0.923. The van der Waals surface area contributed by atoms with E-state index in [-0.39, 0.29) is 0 Å². The summed E-state index contributed by atoms with van der Waals surface area (Å²) < 4.78 is 30.3. The van der Waals surface area contributed by atoms with Crippen molar-refractivity contribution in [2.24, 2.45) is 0 Å². The quantitative estimate of drug-likeness (QED) is 0.711. The lowest BCUT2D eigenvalue weighted by atomic mass is 10.2. The summed E-state index contributed by atoms with van der Waals surface area (Å²) in [6.45, 7) is 1.80. The first-order chi connectivity index (χ1) is 8.56. The Bertz CT molecular complexity index is 688. The molecule has 0 saturated heterocycles. The molecular weight excluding hydrogens is 258 g/mol. The number of nitrogens with zero attached hydrogens (tertiary/aromatic N) is 2. The lowest BCUT2D eigenvalue weighted by Crippen LogP contribution is -1.87. The molecule has 92 valence electrons. The molecule has 0 amide bonds. The molecule has 0 fully saturated rings. The Balaban J connectivity index is 2.26. The van der Waals surface area contributed by atoms with Crippen LogP contribution in [0.2, 0.25) is 0 Å². The molecule has 0 spiro atoms. The van der Waals surface area contributed by atoms with Crippen LogP contribution in [0, 0.1) is 18.6 Å². The number of H-pyrrole nitrogens is 1. The fourth-order valence-corrected chi connectivity index (χ4v) is 2.46. The summed E-state index contributed by atoms with van der Waals surface area (Å²) in [6, 6.07) is 2.13. The zero-order valence-corrected chi connectivity index (χ0v) is 10.1. The highest BCUT2D eigenvalue weighted by molar-refractivity contribution is 7.10. The van der Waals surface area contributed by atoms with Crippen LogP contribution in [0.1, 0.15) is 5.69 Å². The Hall–Kier alpha value is -2.02. The molecule has 3 rings (SSSR count). The number of halogens is 2. The number of nitrogens with two attached hydrogens (primary N) is 1. The number of nitrogen functional groups attached to an aromatic ring is 1. The van der Waals surface area contributed by atoms with Gasteiger partial charge in [0.2, 0.25) is 0 Å². The molecule has 1 aromatic carbocycles. The molecule has 0 aliphatic heterocycles. The van der Waals surface area contributed by atoms with Crippen LogP contribution < -0.4 is 5.73 Å². The van der Waals surface area contributed by atoms with Gasteiger partial charge in [0.1, 0.15) is 10.8 Å². The van der Waals surface area contributed by atoms with Crippen molar-refractivity contribution >= 4 is 27.6 Å². The monoisotopic (exact) mass is 266 g/mol. The van der Waals surface area contributed by atoms with E-state index in [0.717, 1.165) is 29.4 Å². The number of hydrogen-bond acceptors (Lipinski definition) is 4. The summed E-state index contributed by atoms with van der Waals surface area (Å²) in [5, 5.41) is 0.521. The smallest absolute Gasteiger partial charge is 0.161 e. The molecule has 3 aromatic rings. The van der Waals surface area contributed by atoms with E-state index in [1.807, 2.05) is 0 Å². The van der Waals surface area contributed by atoms with E-state index < -0.39 is 11.6 Å². The second-order valence-corrected chi connectivity index (χ2v) is 4.68. The Morgan fingerprint density at radius 2 is 2.00 bits per heavy atom. The predicted octanol–water partition coefficient (Wildman–Crippen LogP) is 2.86. The van der Waals surface area contributed by atoms with Gasteiger partial charge in [-0.1, -0.05) is 0 Å². The molecule has 3 N–H and O–H groups in total. The van der Waals surface area contributed by atoms with Crippen molar-refractivity contribution in [3.05, 3.63) is 29.5 Å².